The maximum Gasteiger partial charge on any atom is 0.252 e. The second kappa shape index (κ2) is 6.46. The summed E-state index contributed by atoms with van der Waals surface area (Å²) < 4.78 is 0. The maximum absolute atomic E-state index is 12.5. The minimum Gasteiger partial charge on any atom is -0.345 e. The summed E-state index contributed by atoms with van der Waals surface area (Å²) in [6.07, 6.45) is 3.49. The van der Waals surface area contributed by atoms with Crippen LogP contribution in [0.1, 0.15) is 47.6 Å². The zero-order chi connectivity index (χ0) is 16.7. The largest absolute Gasteiger partial charge is 0.345 e. The molecule has 2 heterocycles. The zero-order valence-electron chi connectivity index (χ0n) is 13.2. The van der Waals surface area contributed by atoms with Gasteiger partial charge >= 0.3 is 0 Å². The Morgan fingerprint density at radius 2 is 2.08 bits per heavy atom. The molecule has 1 saturated carbocycles. The van der Waals surface area contributed by atoms with E-state index >= 15 is 0 Å². The van der Waals surface area contributed by atoms with E-state index in [1.807, 2.05) is 18.2 Å². The first kappa shape index (κ1) is 16.1. The van der Waals surface area contributed by atoms with Crippen LogP contribution in [0.15, 0.2) is 24.3 Å². The van der Waals surface area contributed by atoms with Gasteiger partial charge in [0.25, 0.3) is 5.91 Å². The average Bonchev–Trinajstić information content (AvgIpc) is 3.09. The highest BCUT2D eigenvalue weighted by Crippen LogP contribution is 2.33. The molecule has 7 heteroatoms. The van der Waals surface area contributed by atoms with Crippen molar-refractivity contribution in [3.8, 4) is 0 Å². The molecule has 0 radical (unpaired) electrons. The molecule has 5 unspecified atom stereocenters. The van der Waals surface area contributed by atoms with Crippen molar-refractivity contribution in [3.63, 3.8) is 0 Å². The van der Waals surface area contributed by atoms with Gasteiger partial charge in [-0.2, -0.15) is 0 Å². The molecule has 1 aliphatic carbocycles. The minimum atomic E-state index is -0.239. The molecule has 1 aromatic carbocycles. The van der Waals surface area contributed by atoms with Gasteiger partial charge < -0.3 is 10.6 Å². The Bertz CT molecular complexity index is 668. The van der Waals surface area contributed by atoms with Gasteiger partial charge in [0.2, 0.25) is 5.91 Å². The Hall–Kier alpha value is -1.44. The van der Waals surface area contributed by atoms with Crippen LogP contribution in [0.2, 0.25) is 0 Å². The standard InChI is InChI=1S/C17H21BrN4O2/c18-9-5-6-12-14(7-9)21-22-16(12)20-15(23)8-13-10-3-1-2-4-11(10)17(24)19-13/h1-4,9,12-14,16,21-22H,5-8H2,(H,19,24)(H,20,23). The van der Waals surface area contributed by atoms with Crippen LogP contribution in [0, 0.1) is 5.92 Å². The number of hydrazine groups is 1. The van der Waals surface area contributed by atoms with Crippen molar-refractivity contribution in [2.45, 2.75) is 48.8 Å². The van der Waals surface area contributed by atoms with Crippen LogP contribution in [-0.2, 0) is 4.79 Å². The molecule has 128 valence electrons. The van der Waals surface area contributed by atoms with E-state index < -0.39 is 0 Å². The lowest BCUT2D eigenvalue weighted by Gasteiger charge is -2.30. The number of hydrogen-bond donors (Lipinski definition) is 4. The highest BCUT2D eigenvalue weighted by atomic mass is 79.9. The average molecular weight is 393 g/mol. The van der Waals surface area contributed by atoms with Crippen molar-refractivity contribution in [1.82, 2.24) is 21.5 Å². The fourth-order valence-corrected chi connectivity index (χ4v) is 4.72. The Labute approximate surface area is 149 Å². The Morgan fingerprint density at radius 1 is 1.25 bits per heavy atom. The number of amides is 2. The summed E-state index contributed by atoms with van der Waals surface area (Å²) in [5, 5.41) is 5.98. The molecule has 0 aromatic heterocycles. The van der Waals surface area contributed by atoms with Gasteiger partial charge in [0.05, 0.1) is 18.6 Å². The molecule has 1 saturated heterocycles. The number of carbonyl (C=O) groups excluding carboxylic acids is 2. The fraction of sp³-hybridized carbons (Fsp3) is 0.529. The quantitative estimate of drug-likeness (QED) is 0.585. The van der Waals surface area contributed by atoms with Crippen molar-refractivity contribution < 1.29 is 9.59 Å². The molecule has 2 fully saturated rings. The van der Waals surface area contributed by atoms with Crippen LogP contribution < -0.4 is 21.5 Å². The molecular formula is C17H21BrN4O2. The summed E-state index contributed by atoms with van der Waals surface area (Å²) in [5.74, 6) is 0.269. The van der Waals surface area contributed by atoms with Crippen molar-refractivity contribution in [1.29, 1.82) is 0 Å². The second-order valence-electron chi connectivity index (χ2n) is 6.83. The number of carbonyl (C=O) groups is 2. The van der Waals surface area contributed by atoms with E-state index in [-0.39, 0.29) is 30.4 Å². The van der Waals surface area contributed by atoms with Gasteiger partial charge in [-0.05, 0) is 30.9 Å². The summed E-state index contributed by atoms with van der Waals surface area (Å²) in [4.78, 5) is 25.0. The van der Waals surface area contributed by atoms with Crippen molar-refractivity contribution >= 4 is 27.7 Å². The normalized spacial score (nSPS) is 34.4. The molecule has 6 nitrogen and oxygen atoms in total. The highest BCUT2D eigenvalue weighted by Gasteiger charge is 2.40. The van der Waals surface area contributed by atoms with Crippen LogP contribution in [0.4, 0.5) is 0 Å². The number of rotatable bonds is 3. The van der Waals surface area contributed by atoms with Gasteiger partial charge in [-0.1, -0.05) is 34.1 Å². The molecule has 0 spiro atoms. The third-order valence-electron chi connectivity index (χ3n) is 5.28. The molecular weight excluding hydrogens is 372 g/mol. The number of nitrogens with one attached hydrogen (secondary N) is 4. The highest BCUT2D eigenvalue weighted by molar-refractivity contribution is 9.09. The van der Waals surface area contributed by atoms with Crippen LogP contribution in [0.3, 0.4) is 0 Å². The first-order valence-corrected chi connectivity index (χ1v) is 9.37. The van der Waals surface area contributed by atoms with Crippen molar-refractivity contribution in [3.05, 3.63) is 35.4 Å². The molecule has 3 aliphatic rings. The van der Waals surface area contributed by atoms with Gasteiger partial charge in [-0.25, -0.2) is 5.43 Å². The first-order valence-electron chi connectivity index (χ1n) is 8.46. The molecule has 0 bridgehead atoms. The smallest absolute Gasteiger partial charge is 0.252 e. The molecule has 1 aromatic rings. The molecule has 2 amide bonds. The number of hydrogen-bond acceptors (Lipinski definition) is 4. The van der Waals surface area contributed by atoms with E-state index in [0.29, 0.717) is 22.4 Å². The van der Waals surface area contributed by atoms with Gasteiger partial charge in [0.1, 0.15) is 0 Å². The third kappa shape index (κ3) is 2.96. The lowest BCUT2D eigenvalue weighted by molar-refractivity contribution is -0.122. The Balaban J connectivity index is 1.37. The van der Waals surface area contributed by atoms with Crippen LogP contribution >= 0.6 is 15.9 Å². The lowest BCUT2D eigenvalue weighted by Crippen LogP contribution is -2.47. The van der Waals surface area contributed by atoms with Gasteiger partial charge in [0.15, 0.2) is 0 Å². The number of halogens is 1. The van der Waals surface area contributed by atoms with Gasteiger partial charge in [-0.15, -0.1) is 0 Å². The van der Waals surface area contributed by atoms with E-state index in [9.17, 15) is 9.59 Å². The summed E-state index contributed by atoms with van der Waals surface area (Å²) in [5.41, 5.74) is 8.09. The number of fused-ring (bicyclic) bond motifs is 2. The summed E-state index contributed by atoms with van der Waals surface area (Å²) in [7, 11) is 0. The predicted octanol–water partition coefficient (Wildman–Crippen LogP) is 1.34. The van der Waals surface area contributed by atoms with Gasteiger partial charge in [0, 0.05) is 22.4 Å². The molecule has 24 heavy (non-hydrogen) atoms. The summed E-state index contributed by atoms with van der Waals surface area (Å²) >= 11 is 3.68. The lowest BCUT2D eigenvalue weighted by atomic mass is 9.84. The van der Waals surface area contributed by atoms with E-state index in [4.69, 9.17) is 0 Å². The molecule has 5 atom stereocenters. The first-order chi connectivity index (χ1) is 11.6. The Morgan fingerprint density at radius 3 is 2.96 bits per heavy atom. The monoisotopic (exact) mass is 392 g/mol. The third-order valence-corrected chi connectivity index (χ3v) is 6.12. The minimum absolute atomic E-state index is 0.0436. The van der Waals surface area contributed by atoms with E-state index in [1.165, 1.54) is 0 Å². The maximum atomic E-state index is 12.5. The second-order valence-corrected chi connectivity index (χ2v) is 8.13. The zero-order valence-corrected chi connectivity index (χ0v) is 14.8. The SMILES string of the molecule is O=C(CC1NC(=O)c2ccccc21)NC1NNC2CC(Br)CCC21. The van der Waals surface area contributed by atoms with E-state index in [2.05, 4.69) is 37.4 Å². The van der Waals surface area contributed by atoms with E-state index in [0.717, 1.165) is 24.8 Å². The molecule has 2 aliphatic heterocycles. The summed E-state index contributed by atoms with van der Waals surface area (Å²) in [6.45, 7) is 0. The van der Waals surface area contributed by atoms with Crippen molar-refractivity contribution in [2.75, 3.05) is 0 Å². The van der Waals surface area contributed by atoms with Crippen molar-refractivity contribution in [2.24, 2.45) is 5.92 Å². The van der Waals surface area contributed by atoms with Gasteiger partial charge in [-0.3, -0.25) is 15.0 Å². The van der Waals surface area contributed by atoms with E-state index in [1.54, 1.807) is 6.07 Å². The Kier molecular flexibility index (Phi) is 4.32. The topological polar surface area (TPSA) is 82.3 Å². The fourth-order valence-electron chi connectivity index (χ4n) is 4.05. The van der Waals surface area contributed by atoms with Crippen LogP contribution in [0.5, 0.6) is 0 Å². The number of alkyl halides is 1. The number of benzene rings is 1. The predicted molar refractivity (Wildman–Crippen MR) is 93.3 cm³/mol. The van der Waals surface area contributed by atoms with Crippen LogP contribution in [-0.4, -0.2) is 28.8 Å². The molecule has 4 rings (SSSR count). The summed E-state index contributed by atoms with van der Waals surface area (Å²) in [6, 6.07) is 7.60. The molecule has 4 N–H and O–H groups in total. The van der Waals surface area contributed by atoms with Crippen LogP contribution in [0.25, 0.3) is 0 Å².